The molecule has 0 saturated carbocycles. The Balaban J connectivity index is 3.06. The highest BCUT2D eigenvalue weighted by Gasteiger charge is 2.00. The van der Waals surface area contributed by atoms with E-state index in [1.165, 1.54) is 12.1 Å². The van der Waals surface area contributed by atoms with Gasteiger partial charge in [0.15, 0.2) is 0 Å². The summed E-state index contributed by atoms with van der Waals surface area (Å²) in [4.78, 5) is 0. The van der Waals surface area contributed by atoms with Crippen LogP contribution in [-0.2, 0) is 0 Å². The van der Waals surface area contributed by atoms with Gasteiger partial charge in [-0.15, -0.1) is 0 Å². The van der Waals surface area contributed by atoms with Crippen molar-refractivity contribution in [3.05, 3.63) is 39.6 Å². The summed E-state index contributed by atoms with van der Waals surface area (Å²) in [5, 5.41) is 0. The van der Waals surface area contributed by atoms with Crippen molar-refractivity contribution in [3.8, 4) is 0 Å². The van der Waals surface area contributed by atoms with Crippen molar-refractivity contribution in [2.75, 3.05) is 6.54 Å². The van der Waals surface area contributed by atoms with E-state index in [2.05, 4.69) is 15.9 Å². The van der Waals surface area contributed by atoms with Crippen LogP contribution in [0.25, 0.3) is 6.08 Å². The lowest BCUT2D eigenvalue weighted by Gasteiger charge is -2.03. The summed E-state index contributed by atoms with van der Waals surface area (Å²) >= 11 is 3.37. The highest BCUT2D eigenvalue weighted by atomic mass is 79.9. The molecule has 14 heavy (non-hydrogen) atoms. The highest BCUT2D eigenvalue weighted by Crippen LogP contribution is 2.21. The summed E-state index contributed by atoms with van der Waals surface area (Å²) in [7, 11) is 0. The molecule has 0 aromatic heterocycles. The molecule has 0 heterocycles. The second-order valence-corrected chi connectivity index (χ2v) is 3.88. The van der Waals surface area contributed by atoms with Crippen LogP contribution in [0, 0.1) is 5.82 Å². The molecule has 3 heteroatoms. The Labute approximate surface area is 91.9 Å². The minimum atomic E-state index is -0.230. The van der Waals surface area contributed by atoms with Crippen LogP contribution >= 0.6 is 15.9 Å². The maximum Gasteiger partial charge on any atom is 0.123 e. The highest BCUT2D eigenvalue weighted by molar-refractivity contribution is 9.10. The lowest BCUT2D eigenvalue weighted by atomic mass is 10.1. The molecule has 0 aliphatic rings. The number of hydrogen-bond acceptors (Lipinski definition) is 1. The lowest BCUT2D eigenvalue weighted by Crippen LogP contribution is -2.01. The van der Waals surface area contributed by atoms with Gasteiger partial charge in [0.1, 0.15) is 5.82 Å². The first kappa shape index (κ1) is 11.4. The van der Waals surface area contributed by atoms with Crippen LogP contribution in [0.4, 0.5) is 4.39 Å². The van der Waals surface area contributed by atoms with E-state index in [4.69, 9.17) is 5.73 Å². The Morgan fingerprint density at radius 3 is 2.86 bits per heavy atom. The summed E-state index contributed by atoms with van der Waals surface area (Å²) in [6.07, 6.45) is 2.81. The number of hydrogen-bond donors (Lipinski definition) is 1. The fourth-order valence-electron chi connectivity index (χ4n) is 1.15. The van der Waals surface area contributed by atoms with E-state index >= 15 is 0 Å². The van der Waals surface area contributed by atoms with Crippen LogP contribution in [0.1, 0.15) is 18.9 Å². The zero-order valence-electron chi connectivity index (χ0n) is 8.06. The molecule has 1 rings (SSSR count). The van der Waals surface area contributed by atoms with Gasteiger partial charge in [-0.05, 0) is 30.2 Å². The molecule has 1 aromatic carbocycles. The van der Waals surface area contributed by atoms with Gasteiger partial charge in [-0.2, -0.15) is 0 Å². The van der Waals surface area contributed by atoms with Crippen molar-refractivity contribution in [2.45, 2.75) is 13.3 Å². The molecule has 76 valence electrons. The topological polar surface area (TPSA) is 26.0 Å². The van der Waals surface area contributed by atoms with Crippen molar-refractivity contribution in [2.24, 2.45) is 5.73 Å². The molecule has 0 aliphatic carbocycles. The van der Waals surface area contributed by atoms with Crippen molar-refractivity contribution >= 4 is 22.0 Å². The third kappa shape index (κ3) is 2.93. The van der Waals surface area contributed by atoms with Gasteiger partial charge in [0.25, 0.3) is 0 Å². The van der Waals surface area contributed by atoms with Crippen LogP contribution in [0.2, 0.25) is 0 Å². The first-order chi connectivity index (χ1) is 6.67. The molecule has 0 bridgehead atoms. The second-order valence-electron chi connectivity index (χ2n) is 3.03. The fourth-order valence-corrected chi connectivity index (χ4v) is 1.51. The van der Waals surface area contributed by atoms with E-state index in [1.54, 1.807) is 6.07 Å². The standard InChI is InChI=1S/C11H13BrFN/c1-2-8(7-14)5-9-6-10(13)3-4-11(9)12/h3-6H,2,7,14H2,1H3/b8-5-. The summed E-state index contributed by atoms with van der Waals surface area (Å²) in [5.74, 6) is -0.230. The monoisotopic (exact) mass is 257 g/mol. The molecule has 1 nitrogen and oxygen atoms in total. The van der Waals surface area contributed by atoms with Gasteiger partial charge in [-0.3, -0.25) is 0 Å². The maximum absolute atomic E-state index is 12.9. The predicted octanol–water partition coefficient (Wildman–Crippen LogP) is 3.34. The average Bonchev–Trinajstić information content (AvgIpc) is 2.19. The summed E-state index contributed by atoms with van der Waals surface area (Å²) < 4.78 is 13.8. The Bertz CT molecular complexity index is 341. The molecule has 0 spiro atoms. The van der Waals surface area contributed by atoms with Gasteiger partial charge in [0.05, 0.1) is 0 Å². The zero-order valence-corrected chi connectivity index (χ0v) is 9.64. The van der Waals surface area contributed by atoms with E-state index < -0.39 is 0 Å². The molecular formula is C11H13BrFN. The normalized spacial score (nSPS) is 11.9. The van der Waals surface area contributed by atoms with Gasteiger partial charge in [0, 0.05) is 11.0 Å². The molecule has 2 N–H and O–H groups in total. The van der Waals surface area contributed by atoms with E-state index in [9.17, 15) is 4.39 Å². The largest absolute Gasteiger partial charge is 0.327 e. The summed E-state index contributed by atoms with van der Waals surface area (Å²) in [6, 6.07) is 4.62. The zero-order chi connectivity index (χ0) is 10.6. The van der Waals surface area contributed by atoms with E-state index in [0.29, 0.717) is 6.54 Å². The van der Waals surface area contributed by atoms with Crippen LogP contribution in [0.15, 0.2) is 28.2 Å². The minimum Gasteiger partial charge on any atom is -0.327 e. The summed E-state index contributed by atoms with van der Waals surface area (Å²) in [5.41, 5.74) is 7.49. The Kier molecular flexibility index (Phi) is 4.29. The number of benzene rings is 1. The molecule has 0 saturated heterocycles. The van der Waals surface area contributed by atoms with Crippen molar-refractivity contribution in [1.82, 2.24) is 0 Å². The molecule has 0 fully saturated rings. The number of halogens is 2. The third-order valence-electron chi connectivity index (χ3n) is 2.03. The predicted molar refractivity (Wildman–Crippen MR) is 61.4 cm³/mol. The molecule has 0 amide bonds. The van der Waals surface area contributed by atoms with Crippen molar-refractivity contribution in [1.29, 1.82) is 0 Å². The SMILES string of the molecule is CC/C(=C/c1cc(F)ccc1Br)CN. The Morgan fingerprint density at radius 1 is 1.57 bits per heavy atom. The number of nitrogens with two attached hydrogens (primary N) is 1. The smallest absolute Gasteiger partial charge is 0.123 e. The molecule has 0 radical (unpaired) electrons. The number of rotatable bonds is 3. The third-order valence-corrected chi connectivity index (χ3v) is 2.76. The second kappa shape index (κ2) is 5.27. The summed E-state index contributed by atoms with van der Waals surface area (Å²) in [6.45, 7) is 2.55. The Hall–Kier alpha value is -0.670. The van der Waals surface area contributed by atoms with E-state index in [1.807, 2.05) is 13.0 Å². The van der Waals surface area contributed by atoms with Gasteiger partial charge in [0.2, 0.25) is 0 Å². The van der Waals surface area contributed by atoms with Crippen LogP contribution in [0.5, 0.6) is 0 Å². The van der Waals surface area contributed by atoms with Crippen LogP contribution < -0.4 is 5.73 Å². The van der Waals surface area contributed by atoms with Gasteiger partial charge in [-0.1, -0.05) is 34.5 Å². The van der Waals surface area contributed by atoms with Crippen LogP contribution in [-0.4, -0.2) is 6.54 Å². The molecular weight excluding hydrogens is 245 g/mol. The molecule has 0 atom stereocenters. The van der Waals surface area contributed by atoms with E-state index in [-0.39, 0.29) is 5.82 Å². The molecule has 0 aliphatic heterocycles. The maximum atomic E-state index is 12.9. The fraction of sp³-hybridized carbons (Fsp3) is 0.273. The lowest BCUT2D eigenvalue weighted by molar-refractivity contribution is 0.627. The van der Waals surface area contributed by atoms with E-state index in [0.717, 1.165) is 22.0 Å². The first-order valence-electron chi connectivity index (χ1n) is 4.52. The van der Waals surface area contributed by atoms with Crippen molar-refractivity contribution < 1.29 is 4.39 Å². The average molecular weight is 258 g/mol. The van der Waals surface area contributed by atoms with Gasteiger partial charge < -0.3 is 5.73 Å². The molecule has 0 unspecified atom stereocenters. The first-order valence-corrected chi connectivity index (χ1v) is 5.31. The quantitative estimate of drug-likeness (QED) is 0.884. The molecule has 1 aromatic rings. The van der Waals surface area contributed by atoms with Gasteiger partial charge in [-0.25, -0.2) is 4.39 Å². The van der Waals surface area contributed by atoms with Gasteiger partial charge >= 0.3 is 0 Å². The Morgan fingerprint density at radius 2 is 2.29 bits per heavy atom. The minimum absolute atomic E-state index is 0.230. The van der Waals surface area contributed by atoms with Crippen LogP contribution in [0.3, 0.4) is 0 Å². The van der Waals surface area contributed by atoms with Crippen molar-refractivity contribution in [3.63, 3.8) is 0 Å².